The number of amides is 5. The van der Waals surface area contributed by atoms with Gasteiger partial charge in [-0.05, 0) is 48.2 Å². The van der Waals surface area contributed by atoms with Crippen LogP contribution >= 0.6 is 11.3 Å². The number of carboxylic acids is 2. The number of benzene rings is 1. The van der Waals surface area contributed by atoms with Crippen LogP contribution in [0.15, 0.2) is 48.6 Å². The van der Waals surface area contributed by atoms with Gasteiger partial charge >= 0.3 is 17.9 Å². The van der Waals surface area contributed by atoms with Crippen molar-refractivity contribution in [1.29, 1.82) is 0 Å². The van der Waals surface area contributed by atoms with Gasteiger partial charge in [0.2, 0.25) is 24.0 Å². The first-order valence-electron chi connectivity index (χ1n) is 25.6. The van der Waals surface area contributed by atoms with Crippen LogP contribution in [0, 0.1) is 0 Å². The summed E-state index contributed by atoms with van der Waals surface area (Å²) >= 11 is 1.18. The number of ketones is 1. The molecule has 0 aliphatic carbocycles. The van der Waals surface area contributed by atoms with E-state index in [0.717, 1.165) is 4.90 Å². The molecule has 7 N–H and O–H groups in total. The van der Waals surface area contributed by atoms with E-state index < -0.39 is 54.5 Å². The summed E-state index contributed by atoms with van der Waals surface area (Å²) in [7, 11) is 2.90. The Kier molecular flexibility index (Phi) is 21.0. The molecule has 1 aromatic carbocycles. The number of carbonyl (C=O) groups is 9. The summed E-state index contributed by atoms with van der Waals surface area (Å²) in [6.07, 6.45) is -6.51. The van der Waals surface area contributed by atoms with Crippen LogP contribution in [0.3, 0.4) is 0 Å². The average molecular weight is 1150 g/mol. The molecule has 3 aliphatic heterocycles. The largest absolute Gasteiger partial charge is 0.491 e. The van der Waals surface area contributed by atoms with Gasteiger partial charge in [-0.25, -0.2) is 14.8 Å². The molecule has 5 atom stereocenters. The van der Waals surface area contributed by atoms with Crippen LogP contribution in [-0.4, -0.2) is 170 Å². The van der Waals surface area contributed by atoms with Crippen molar-refractivity contribution in [2.75, 3.05) is 45.8 Å². The standard InChI is InChI=1S/C53H60N6O21S/c1-74-35-22-29-25-58(26-32(29)57-50(35)76-19-6-20-77-51-36(75-2)24-37-31(56-51)23-38(81-37)33(60)9-14-44(66)67)41(63)13-15-45(68)78-27-28-8-10-34(79-53-48(71)46(69)47(70)49(80-53)52(72)73)30(21-28)55-40(62)16-17-54-39(61)7-4-3-5-18-59-42(64)11-12-43(59)65/h8,10-12,21-24,46-49,53,69-71H,3-7,9,13-20,25-27H2,1-2H3,(H,54,61)(H,55,62)(H,66,67)(H,72,73)/t46-,47-,48+,49-,53?/m0/s1. The van der Waals surface area contributed by atoms with Crippen LogP contribution in [0.25, 0.3) is 10.2 Å². The van der Waals surface area contributed by atoms with E-state index in [-0.39, 0.29) is 137 Å². The SMILES string of the molecule is COc1cc2c(nc1OCCCOc1nc3cc(C(=O)CCC(=O)O)sc3cc1OC)CN(C(=O)CCC(=O)OCc1ccc(OC3O[C@H](C(=O)O)[C@@H](O)[C@H](O)[C@H]3O)c(NC(=O)CCNC(=O)CCCCCN3C(=O)C=CC3=O)c1)C2. The van der Waals surface area contributed by atoms with Gasteiger partial charge in [-0.1, -0.05) is 12.5 Å². The van der Waals surface area contributed by atoms with E-state index in [1.807, 2.05) is 0 Å². The summed E-state index contributed by atoms with van der Waals surface area (Å²) in [6, 6.07) is 9.06. The van der Waals surface area contributed by atoms with Gasteiger partial charge in [0, 0.05) is 70.0 Å². The zero-order chi connectivity index (χ0) is 58.3. The molecule has 1 unspecified atom stereocenters. The van der Waals surface area contributed by atoms with Gasteiger partial charge in [0.1, 0.15) is 30.7 Å². The Morgan fingerprint density at radius 2 is 1.46 bits per heavy atom. The average Bonchev–Trinajstić information content (AvgIpc) is 4.24. The van der Waals surface area contributed by atoms with Crippen LogP contribution in [0.1, 0.15) is 90.7 Å². The minimum atomic E-state index is -2.00. The third-order valence-corrected chi connectivity index (χ3v) is 13.9. The Labute approximate surface area is 465 Å². The van der Waals surface area contributed by atoms with Crippen molar-refractivity contribution in [2.45, 2.75) is 115 Å². The van der Waals surface area contributed by atoms with Crippen molar-refractivity contribution < 1.29 is 102 Å². The molecular formula is C53H60N6O21S. The van der Waals surface area contributed by atoms with E-state index in [0.29, 0.717) is 69.1 Å². The summed E-state index contributed by atoms with van der Waals surface area (Å²) < 4.78 is 39.9. The van der Waals surface area contributed by atoms with Crippen LogP contribution < -0.4 is 34.3 Å². The maximum Gasteiger partial charge on any atom is 0.335 e. The minimum Gasteiger partial charge on any atom is -0.491 e. The second-order valence-electron chi connectivity index (χ2n) is 18.7. The summed E-state index contributed by atoms with van der Waals surface area (Å²) in [5.74, 6) is -5.00. The minimum absolute atomic E-state index is 0.0726. The lowest BCUT2D eigenvalue weighted by molar-refractivity contribution is -0.271. The molecule has 3 aromatic heterocycles. The molecule has 0 radical (unpaired) electrons. The number of anilines is 1. The number of imide groups is 1. The fraction of sp³-hybridized carbons (Fsp3) is 0.453. The highest BCUT2D eigenvalue weighted by Gasteiger charge is 2.48. The Balaban J connectivity index is 0.873. The van der Waals surface area contributed by atoms with E-state index in [1.165, 1.54) is 60.8 Å². The van der Waals surface area contributed by atoms with E-state index in [1.54, 1.807) is 18.2 Å². The number of thiophene rings is 1. The normalized spacial score (nSPS) is 18.3. The van der Waals surface area contributed by atoms with E-state index in [9.17, 15) is 63.6 Å². The smallest absolute Gasteiger partial charge is 0.335 e. The third kappa shape index (κ3) is 16.2. The topological polar surface area (TPSA) is 376 Å². The Morgan fingerprint density at radius 3 is 2.16 bits per heavy atom. The fourth-order valence-corrected chi connectivity index (χ4v) is 9.50. The first-order valence-corrected chi connectivity index (χ1v) is 26.5. The number of pyridine rings is 2. The highest BCUT2D eigenvalue weighted by atomic mass is 32.1. The molecule has 0 saturated carbocycles. The third-order valence-electron chi connectivity index (χ3n) is 12.8. The maximum absolute atomic E-state index is 13.4. The van der Waals surface area contributed by atoms with Gasteiger partial charge < -0.3 is 74.2 Å². The highest BCUT2D eigenvalue weighted by Crippen LogP contribution is 2.36. The lowest BCUT2D eigenvalue weighted by Gasteiger charge is -2.38. The monoisotopic (exact) mass is 1150 g/mol. The molecule has 81 heavy (non-hydrogen) atoms. The molecular weight excluding hydrogens is 1090 g/mol. The number of hydrogen-bond acceptors (Lipinski definition) is 22. The van der Waals surface area contributed by atoms with Crippen molar-refractivity contribution in [2.24, 2.45) is 0 Å². The predicted molar refractivity (Wildman–Crippen MR) is 279 cm³/mol. The number of rotatable bonds is 30. The van der Waals surface area contributed by atoms with Gasteiger partial charge in [0.25, 0.3) is 23.6 Å². The number of fused-ring (bicyclic) bond motifs is 2. The molecule has 0 spiro atoms. The quantitative estimate of drug-likeness (QED) is 0.0170. The molecule has 6 heterocycles. The van der Waals surface area contributed by atoms with E-state index in [4.69, 9.17) is 38.3 Å². The number of Topliss-reactive ketones (excluding diaryl/α,β-unsaturated/α-hetero) is 1. The number of nitrogens with zero attached hydrogens (tertiary/aromatic N) is 4. The molecule has 3 aliphatic rings. The van der Waals surface area contributed by atoms with Gasteiger partial charge in [0.05, 0.1) is 73.3 Å². The van der Waals surface area contributed by atoms with Crippen molar-refractivity contribution in [3.63, 3.8) is 0 Å². The zero-order valence-corrected chi connectivity index (χ0v) is 44.8. The van der Waals surface area contributed by atoms with Crippen molar-refractivity contribution in [3.8, 4) is 29.0 Å². The number of unbranched alkanes of at least 4 members (excludes halogenated alkanes) is 2. The number of aliphatic hydroxyl groups is 3. The van der Waals surface area contributed by atoms with Crippen LogP contribution in [0.2, 0.25) is 0 Å². The summed E-state index contributed by atoms with van der Waals surface area (Å²) in [6.45, 7) is 0.408. The predicted octanol–water partition coefficient (Wildman–Crippen LogP) is 2.17. The number of aliphatic carboxylic acids is 2. The van der Waals surface area contributed by atoms with Gasteiger partial charge in [0.15, 0.2) is 23.4 Å². The molecule has 434 valence electrons. The summed E-state index contributed by atoms with van der Waals surface area (Å²) in [5.41, 5.74) is 2.00. The molecule has 7 rings (SSSR count). The number of ether oxygens (including phenoxy) is 7. The lowest BCUT2D eigenvalue weighted by atomic mass is 9.99. The molecule has 27 nitrogen and oxygen atoms in total. The van der Waals surface area contributed by atoms with E-state index >= 15 is 0 Å². The number of hydrogen-bond donors (Lipinski definition) is 7. The number of carbonyl (C=O) groups excluding carboxylic acids is 7. The number of aromatic nitrogens is 2. The molecule has 4 aromatic rings. The maximum atomic E-state index is 13.4. The van der Waals surface area contributed by atoms with Gasteiger partial charge in [-0.2, -0.15) is 0 Å². The van der Waals surface area contributed by atoms with Gasteiger partial charge in [-0.15, -0.1) is 11.3 Å². The van der Waals surface area contributed by atoms with Crippen molar-refractivity contribution in [1.82, 2.24) is 25.1 Å². The number of esters is 1. The van der Waals surface area contributed by atoms with Gasteiger partial charge in [-0.3, -0.25) is 43.3 Å². The number of nitrogens with one attached hydrogen (secondary N) is 2. The molecule has 5 amide bonds. The number of carboxylic acid groups (broad SMARTS) is 2. The Hall–Kier alpha value is -8.31. The number of aliphatic hydroxyl groups excluding tert-OH is 3. The van der Waals surface area contributed by atoms with Crippen LogP contribution in [0.5, 0.6) is 29.0 Å². The van der Waals surface area contributed by atoms with Crippen molar-refractivity contribution >= 4 is 80.5 Å². The van der Waals surface area contributed by atoms with E-state index in [2.05, 4.69) is 20.6 Å². The fourth-order valence-electron chi connectivity index (χ4n) is 8.50. The van der Waals surface area contributed by atoms with Crippen LogP contribution in [-0.2, 0) is 67.5 Å². The molecule has 1 fully saturated rings. The number of methoxy groups -OCH3 is 2. The molecule has 28 heteroatoms. The first-order chi connectivity index (χ1) is 38.8. The summed E-state index contributed by atoms with van der Waals surface area (Å²) in [5, 5.41) is 54.8. The second kappa shape index (κ2) is 28.2. The second-order valence-corrected chi connectivity index (χ2v) is 19.8. The Morgan fingerprint density at radius 1 is 0.741 bits per heavy atom. The first kappa shape index (κ1) is 60.3. The highest BCUT2D eigenvalue weighted by molar-refractivity contribution is 7.20. The summed E-state index contributed by atoms with van der Waals surface area (Å²) in [4.78, 5) is 123. The van der Waals surface area contributed by atoms with Crippen LogP contribution in [0.4, 0.5) is 5.69 Å². The lowest BCUT2D eigenvalue weighted by Crippen LogP contribution is -2.61. The van der Waals surface area contributed by atoms with Crippen molar-refractivity contribution in [3.05, 3.63) is 70.2 Å². The molecule has 1 saturated heterocycles. The molecule has 0 bridgehead atoms. The zero-order valence-electron chi connectivity index (χ0n) is 44.0. The Bertz CT molecular complexity index is 3040.